The van der Waals surface area contributed by atoms with Gasteiger partial charge < -0.3 is 5.84 Å². The van der Waals surface area contributed by atoms with Crippen LogP contribution in [-0.4, -0.2) is 16.1 Å². The van der Waals surface area contributed by atoms with E-state index in [9.17, 15) is 20.2 Å². The minimum atomic E-state index is -0.827. The fourth-order valence-corrected chi connectivity index (χ4v) is 1.01. The molecule has 0 aliphatic heterocycles. The predicted molar refractivity (Wildman–Crippen MR) is 51.5 cm³/mol. The summed E-state index contributed by atoms with van der Waals surface area (Å²) in [5.41, 5.74) is -0.818. The standard InChI is InChI=1S/C7H6N4O4/c8-9-4-5-1-2-6(10(12)13)7(3-5)11(14)15/h1-4H,8H2. The second-order valence-electron chi connectivity index (χ2n) is 2.54. The summed E-state index contributed by atoms with van der Waals surface area (Å²) in [4.78, 5) is 19.3. The number of hydrogen-bond donors (Lipinski definition) is 1. The molecule has 0 aromatic heterocycles. The van der Waals surface area contributed by atoms with Gasteiger partial charge in [0.25, 0.3) is 0 Å². The van der Waals surface area contributed by atoms with Crippen molar-refractivity contribution in [2.24, 2.45) is 10.9 Å². The molecule has 1 aromatic carbocycles. The van der Waals surface area contributed by atoms with Crippen molar-refractivity contribution in [1.82, 2.24) is 0 Å². The van der Waals surface area contributed by atoms with Gasteiger partial charge in [0.1, 0.15) is 0 Å². The van der Waals surface area contributed by atoms with Crippen LogP contribution in [-0.2, 0) is 0 Å². The van der Waals surface area contributed by atoms with Crippen molar-refractivity contribution in [3.05, 3.63) is 44.0 Å². The minimum absolute atomic E-state index is 0.329. The molecule has 8 heteroatoms. The fourth-order valence-electron chi connectivity index (χ4n) is 1.01. The van der Waals surface area contributed by atoms with Crippen molar-refractivity contribution in [3.63, 3.8) is 0 Å². The molecule has 1 aromatic rings. The number of hydrazone groups is 1. The maximum absolute atomic E-state index is 10.5. The predicted octanol–water partition coefficient (Wildman–Crippen LogP) is 0.796. The fraction of sp³-hybridized carbons (Fsp3) is 0. The van der Waals surface area contributed by atoms with E-state index in [4.69, 9.17) is 5.84 Å². The smallest absolute Gasteiger partial charge is 0.323 e. The number of benzene rings is 1. The van der Waals surface area contributed by atoms with Crippen LogP contribution < -0.4 is 5.84 Å². The van der Waals surface area contributed by atoms with Gasteiger partial charge in [-0.15, -0.1) is 0 Å². The van der Waals surface area contributed by atoms with Crippen LogP contribution in [0.25, 0.3) is 0 Å². The Labute approximate surface area is 83.3 Å². The highest BCUT2D eigenvalue weighted by molar-refractivity contribution is 5.81. The van der Waals surface area contributed by atoms with E-state index in [-0.39, 0.29) is 0 Å². The molecular weight excluding hydrogens is 204 g/mol. The maximum atomic E-state index is 10.5. The number of nitro benzene ring substituents is 2. The molecular formula is C7H6N4O4. The lowest BCUT2D eigenvalue weighted by Crippen LogP contribution is -1.98. The largest absolute Gasteiger partial charge is 0.346 e. The maximum Gasteiger partial charge on any atom is 0.346 e. The van der Waals surface area contributed by atoms with Gasteiger partial charge in [0.05, 0.1) is 16.1 Å². The molecule has 0 radical (unpaired) electrons. The summed E-state index contributed by atoms with van der Waals surface area (Å²) in [7, 11) is 0. The van der Waals surface area contributed by atoms with Gasteiger partial charge in [-0.1, -0.05) is 0 Å². The van der Waals surface area contributed by atoms with Crippen molar-refractivity contribution in [1.29, 1.82) is 0 Å². The monoisotopic (exact) mass is 210 g/mol. The van der Waals surface area contributed by atoms with Gasteiger partial charge in [-0.25, -0.2) is 0 Å². The van der Waals surface area contributed by atoms with Crippen LogP contribution in [0.1, 0.15) is 5.56 Å². The second kappa shape index (κ2) is 4.13. The molecule has 0 unspecified atom stereocenters. The molecule has 0 atom stereocenters. The number of nitro groups is 2. The molecule has 8 nitrogen and oxygen atoms in total. The third-order valence-corrected chi connectivity index (χ3v) is 1.62. The number of nitrogens with zero attached hydrogens (tertiary/aromatic N) is 3. The van der Waals surface area contributed by atoms with Crippen LogP contribution in [0.4, 0.5) is 11.4 Å². The molecule has 0 spiro atoms. The van der Waals surface area contributed by atoms with Gasteiger partial charge in [-0.3, -0.25) is 20.2 Å². The van der Waals surface area contributed by atoms with Crippen LogP contribution >= 0.6 is 0 Å². The van der Waals surface area contributed by atoms with Crippen LogP contribution in [0.15, 0.2) is 23.3 Å². The zero-order valence-electron chi connectivity index (χ0n) is 7.36. The Kier molecular flexibility index (Phi) is 2.91. The van der Waals surface area contributed by atoms with Gasteiger partial charge in [-0.2, -0.15) is 5.10 Å². The topological polar surface area (TPSA) is 125 Å². The number of rotatable bonds is 3. The van der Waals surface area contributed by atoms with Gasteiger partial charge >= 0.3 is 11.4 Å². The molecule has 0 aliphatic rings. The first-order valence-corrected chi connectivity index (χ1v) is 3.72. The first-order chi connectivity index (χ1) is 7.06. The molecule has 15 heavy (non-hydrogen) atoms. The van der Waals surface area contributed by atoms with Gasteiger partial charge in [0.15, 0.2) is 0 Å². The van der Waals surface area contributed by atoms with Crippen LogP contribution in [0.2, 0.25) is 0 Å². The molecule has 0 bridgehead atoms. The Hall–Kier alpha value is -2.51. The van der Waals surface area contributed by atoms with E-state index in [0.29, 0.717) is 5.56 Å². The van der Waals surface area contributed by atoms with E-state index in [1.807, 2.05) is 0 Å². The van der Waals surface area contributed by atoms with Crippen molar-refractivity contribution in [2.75, 3.05) is 0 Å². The molecule has 0 saturated carbocycles. The SMILES string of the molecule is NN=Cc1ccc([N+](=O)[O-])c([N+](=O)[O-])c1. The lowest BCUT2D eigenvalue weighted by molar-refractivity contribution is -0.422. The van der Waals surface area contributed by atoms with E-state index in [2.05, 4.69) is 5.10 Å². The molecule has 0 saturated heterocycles. The van der Waals surface area contributed by atoms with E-state index < -0.39 is 21.2 Å². The summed E-state index contributed by atoms with van der Waals surface area (Å²) in [6.07, 6.45) is 1.16. The zero-order valence-corrected chi connectivity index (χ0v) is 7.36. The van der Waals surface area contributed by atoms with E-state index >= 15 is 0 Å². The number of nitrogens with two attached hydrogens (primary N) is 1. The molecule has 2 N–H and O–H groups in total. The highest BCUT2D eigenvalue weighted by Crippen LogP contribution is 2.26. The third-order valence-electron chi connectivity index (χ3n) is 1.62. The number of hydrogen-bond acceptors (Lipinski definition) is 6. The van der Waals surface area contributed by atoms with E-state index in [1.54, 1.807) is 0 Å². The third kappa shape index (κ3) is 2.24. The Balaban J connectivity index is 3.33. The van der Waals surface area contributed by atoms with Gasteiger partial charge in [0, 0.05) is 17.7 Å². The van der Waals surface area contributed by atoms with Crippen molar-refractivity contribution >= 4 is 17.6 Å². The molecule has 78 valence electrons. The Morgan fingerprint density at radius 3 is 2.27 bits per heavy atom. The van der Waals surface area contributed by atoms with E-state index in [0.717, 1.165) is 18.3 Å². The van der Waals surface area contributed by atoms with Crippen LogP contribution in [0, 0.1) is 20.2 Å². The van der Waals surface area contributed by atoms with Gasteiger partial charge in [-0.05, 0) is 6.07 Å². The van der Waals surface area contributed by atoms with Gasteiger partial charge in [0.2, 0.25) is 0 Å². The summed E-state index contributed by atoms with van der Waals surface area (Å²) in [6, 6.07) is 3.39. The summed E-state index contributed by atoms with van der Waals surface area (Å²) in [5, 5.41) is 24.1. The van der Waals surface area contributed by atoms with E-state index in [1.165, 1.54) is 6.07 Å². The highest BCUT2D eigenvalue weighted by atomic mass is 16.6. The molecule has 0 heterocycles. The quantitative estimate of drug-likeness (QED) is 0.341. The Morgan fingerprint density at radius 1 is 1.20 bits per heavy atom. The Morgan fingerprint density at radius 2 is 1.80 bits per heavy atom. The molecule has 0 fully saturated rings. The van der Waals surface area contributed by atoms with Crippen molar-refractivity contribution < 1.29 is 9.85 Å². The summed E-state index contributed by atoms with van der Waals surface area (Å²) in [6.45, 7) is 0. The normalized spacial score (nSPS) is 10.4. The lowest BCUT2D eigenvalue weighted by Gasteiger charge is -1.95. The second-order valence-corrected chi connectivity index (χ2v) is 2.54. The average Bonchev–Trinajstić information content (AvgIpc) is 2.17. The summed E-state index contributed by atoms with van der Waals surface area (Å²) < 4.78 is 0. The molecule has 0 aliphatic carbocycles. The summed E-state index contributed by atoms with van der Waals surface area (Å²) in [5.74, 6) is 4.85. The zero-order chi connectivity index (χ0) is 11.4. The van der Waals surface area contributed by atoms with Crippen molar-refractivity contribution in [3.8, 4) is 0 Å². The average molecular weight is 210 g/mol. The molecule has 0 amide bonds. The lowest BCUT2D eigenvalue weighted by atomic mass is 10.2. The van der Waals surface area contributed by atoms with Crippen LogP contribution in [0.5, 0.6) is 0 Å². The Bertz CT molecular complexity index is 443. The first-order valence-electron chi connectivity index (χ1n) is 3.72. The van der Waals surface area contributed by atoms with Crippen molar-refractivity contribution in [2.45, 2.75) is 0 Å². The molecule has 1 rings (SSSR count). The summed E-state index contributed by atoms with van der Waals surface area (Å²) >= 11 is 0. The van der Waals surface area contributed by atoms with Crippen LogP contribution in [0.3, 0.4) is 0 Å². The first kappa shape index (κ1) is 10.6. The minimum Gasteiger partial charge on any atom is -0.323 e. The highest BCUT2D eigenvalue weighted by Gasteiger charge is 2.23.